The summed E-state index contributed by atoms with van der Waals surface area (Å²) in [7, 11) is 2.82. The Morgan fingerprint density at radius 1 is 0.977 bits per heavy atom. The first-order chi connectivity index (χ1) is 21.2. The van der Waals surface area contributed by atoms with Gasteiger partial charge in [-0.2, -0.15) is 0 Å². The second-order valence-electron chi connectivity index (χ2n) is 9.78. The average Bonchev–Trinajstić information content (AvgIpc) is 3.45. The molecular formula is C30H26Cl2N6O6. The maximum Gasteiger partial charge on any atom is 0.407 e. The van der Waals surface area contributed by atoms with Crippen LogP contribution in [0.1, 0.15) is 29.0 Å². The number of carboxylic acid groups (broad SMARTS) is 1. The first-order valence-electron chi connectivity index (χ1n) is 13.4. The van der Waals surface area contributed by atoms with Crippen molar-refractivity contribution in [1.29, 1.82) is 0 Å². The number of benzene rings is 2. The number of nitrogens with zero attached hydrogens (tertiary/aromatic N) is 5. The summed E-state index contributed by atoms with van der Waals surface area (Å²) in [5, 5.41) is 13.2. The predicted octanol–water partition coefficient (Wildman–Crippen LogP) is 5.16. The van der Waals surface area contributed by atoms with Crippen molar-refractivity contribution in [3.05, 3.63) is 70.2 Å². The first kappa shape index (κ1) is 30.6. The number of aromatic nitrogens is 4. The van der Waals surface area contributed by atoms with Crippen molar-refractivity contribution in [1.82, 2.24) is 30.2 Å². The first-order valence-corrected chi connectivity index (χ1v) is 14.1. The SMILES string of the molecule is COc1nc(-c2cccc(-c3cccc(-c4cnc(CN(CC5CCC(=O)N5)C(=O)O)c(OC)n4)c3Cl)c2Cl)cnc1C=O. The van der Waals surface area contributed by atoms with Gasteiger partial charge in [0.15, 0.2) is 12.0 Å². The molecule has 1 saturated heterocycles. The van der Waals surface area contributed by atoms with Gasteiger partial charge in [-0.05, 0) is 6.42 Å². The summed E-state index contributed by atoms with van der Waals surface area (Å²) >= 11 is 13.8. The van der Waals surface area contributed by atoms with E-state index in [1.54, 1.807) is 24.3 Å². The van der Waals surface area contributed by atoms with Crippen LogP contribution in [0.5, 0.6) is 11.8 Å². The van der Waals surface area contributed by atoms with E-state index in [4.69, 9.17) is 32.7 Å². The number of hydrogen-bond acceptors (Lipinski definition) is 9. The largest absolute Gasteiger partial charge is 0.480 e. The van der Waals surface area contributed by atoms with Crippen LogP contribution in [-0.4, -0.2) is 75.0 Å². The van der Waals surface area contributed by atoms with Crippen LogP contribution in [0.25, 0.3) is 33.6 Å². The summed E-state index contributed by atoms with van der Waals surface area (Å²) in [5.74, 6) is 0.111. The molecule has 1 fully saturated rings. The zero-order valence-electron chi connectivity index (χ0n) is 23.6. The standard InChI is InChI=1S/C30H26Cl2N6O6/c1-43-28-23(14-38(30(41)42)13-16-9-10-25(40)35-16)33-11-21(36-28)19-7-3-5-17(26(19)31)18-6-4-8-20(27(18)32)22-12-34-24(15-39)29(37-22)44-2/h3-8,11-12,15-16H,9-10,13-14H2,1-2H3,(H,35,40)(H,41,42). The number of aldehydes is 1. The summed E-state index contributed by atoms with van der Waals surface area (Å²) in [4.78, 5) is 53.5. The van der Waals surface area contributed by atoms with Gasteiger partial charge in [0.2, 0.25) is 17.7 Å². The molecule has 4 aromatic rings. The third-order valence-corrected chi connectivity index (χ3v) is 7.87. The second kappa shape index (κ2) is 13.2. The van der Waals surface area contributed by atoms with Crippen molar-refractivity contribution >= 4 is 41.5 Å². The smallest absolute Gasteiger partial charge is 0.407 e. The van der Waals surface area contributed by atoms with Crippen LogP contribution in [0, 0.1) is 0 Å². The van der Waals surface area contributed by atoms with Crippen LogP contribution in [0.3, 0.4) is 0 Å². The van der Waals surface area contributed by atoms with Crippen LogP contribution in [0.15, 0.2) is 48.8 Å². The van der Waals surface area contributed by atoms with Gasteiger partial charge in [-0.25, -0.2) is 19.7 Å². The van der Waals surface area contributed by atoms with Gasteiger partial charge >= 0.3 is 6.09 Å². The summed E-state index contributed by atoms with van der Waals surface area (Å²) in [6.45, 7) is 0.0246. The highest BCUT2D eigenvalue weighted by Crippen LogP contribution is 2.42. The molecule has 2 aromatic carbocycles. The normalized spacial score (nSPS) is 14.2. The molecule has 1 atom stereocenters. The van der Waals surface area contributed by atoms with Gasteiger partial charge in [0.1, 0.15) is 5.69 Å². The van der Waals surface area contributed by atoms with E-state index in [1.807, 2.05) is 12.1 Å². The maximum absolute atomic E-state index is 11.9. The minimum absolute atomic E-state index is 0.0693. The number of nitrogens with one attached hydrogen (secondary N) is 1. The van der Waals surface area contributed by atoms with Crippen LogP contribution < -0.4 is 14.8 Å². The van der Waals surface area contributed by atoms with Gasteiger partial charge in [-0.15, -0.1) is 0 Å². The molecule has 1 unspecified atom stereocenters. The molecular weight excluding hydrogens is 611 g/mol. The minimum atomic E-state index is -1.15. The molecule has 2 amide bonds. The van der Waals surface area contributed by atoms with Gasteiger partial charge in [0.05, 0.1) is 54.6 Å². The number of rotatable bonds is 10. The van der Waals surface area contributed by atoms with Crippen molar-refractivity contribution < 1.29 is 29.0 Å². The molecule has 1 aliphatic heterocycles. The van der Waals surface area contributed by atoms with E-state index in [0.29, 0.717) is 68.5 Å². The van der Waals surface area contributed by atoms with Gasteiger partial charge in [0, 0.05) is 41.3 Å². The Bertz CT molecular complexity index is 1750. The van der Waals surface area contributed by atoms with Gasteiger partial charge in [0.25, 0.3) is 0 Å². The molecule has 0 radical (unpaired) electrons. The van der Waals surface area contributed by atoms with E-state index < -0.39 is 6.09 Å². The molecule has 14 heteroatoms. The predicted molar refractivity (Wildman–Crippen MR) is 162 cm³/mol. The molecule has 226 valence electrons. The summed E-state index contributed by atoms with van der Waals surface area (Å²) in [6.07, 6.45) is 3.26. The van der Waals surface area contributed by atoms with Crippen molar-refractivity contribution in [2.75, 3.05) is 20.8 Å². The number of carbonyl (C=O) groups is 3. The van der Waals surface area contributed by atoms with Gasteiger partial charge < -0.3 is 24.8 Å². The average molecular weight is 637 g/mol. The third kappa shape index (κ3) is 6.26. The van der Waals surface area contributed by atoms with Crippen molar-refractivity contribution in [2.24, 2.45) is 0 Å². The zero-order chi connectivity index (χ0) is 31.4. The lowest BCUT2D eigenvalue weighted by molar-refractivity contribution is -0.119. The number of ether oxygens (including phenoxy) is 2. The minimum Gasteiger partial charge on any atom is -0.480 e. The molecule has 2 N–H and O–H groups in total. The Labute approximate surface area is 262 Å². The molecule has 0 bridgehead atoms. The maximum atomic E-state index is 11.9. The molecule has 3 heterocycles. The molecule has 0 spiro atoms. The molecule has 1 aliphatic rings. The van der Waals surface area contributed by atoms with Crippen LogP contribution in [-0.2, 0) is 11.3 Å². The molecule has 5 rings (SSSR count). The van der Waals surface area contributed by atoms with Crippen LogP contribution >= 0.6 is 23.2 Å². The number of hydrogen-bond donors (Lipinski definition) is 2. The molecule has 0 aliphatic carbocycles. The van der Waals surface area contributed by atoms with Crippen LogP contribution in [0.2, 0.25) is 10.0 Å². The van der Waals surface area contributed by atoms with Gasteiger partial charge in [-0.3, -0.25) is 14.6 Å². The lowest BCUT2D eigenvalue weighted by Crippen LogP contribution is -2.41. The highest BCUT2D eigenvalue weighted by Gasteiger charge is 2.27. The third-order valence-electron chi connectivity index (χ3n) is 7.05. The number of amides is 2. The van der Waals surface area contributed by atoms with Gasteiger partial charge in [-0.1, -0.05) is 59.6 Å². The molecule has 0 saturated carbocycles. The lowest BCUT2D eigenvalue weighted by Gasteiger charge is -2.23. The Morgan fingerprint density at radius 2 is 1.55 bits per heavy atom. The molecule has 44 heavy (non-hydrogen) atoms. The van der Waals surface area contributed by atoms with Crippen molar-refractivity contribution in [2.45, 2.75) is 25.4 Å². The fraction of sp³-hybridized carbons (Fsp3) is 0.233. The van der Waals surface area contributed by atoms with Crippen molar-refractivity contribution in [3.63, 3.8) is 0 Å². The van der Waals surface area contributed by atoms with E-state index in [9.17, 15) is 19.5 Å². The van der Waals surface area contributed by atoms with Crippen LogP contribution in [0.4, 0.5) is 4.79 Å². The monoisotopic (exact) mass is 636 g/mol. The van der Waals surface area contributed by atoms with E-state index >= 15 is 0 Å². The van der Waals surface area contributed by atoms with E-state index in [-0.39, 0.29) is 42.5 Å². The number of methoxy groups -OCH3 is 2. The highest BCUT2D eigenvalue weighted by atomic mass is 35.5. The summed E-state index contributed by atoms with van der Waals surface area (Å²) in [5.41, 5.74) is 3.51. The fourth-order valence-electron chi connectivity index (χ4n) is 4.89. The lowest BCUT2D eigenvalue weighted by atomic mass is 9.98. The Kier molecular flexibility index (Phi) is 9.21. The molecule has 2 aromatic heterocycles. The number of carbonyl (C=O) groups excluding carboxylic acids is 2. The summed E-state index contributed by atoms with van der Waals surface area (Å²) in [6, 6.07) is 10.5. The topological polar surface area (TPSA) is 157 Å². The number of halogens is 2. The Morgan fingerprint density at radius 3 is 2.07 bits per heavy atom. The Hall–Kier alpha value is -4.81. The van der Waals surface area contributed by atoms with E-state index in [1.165, 1.54) is 26.6 Å². The zero-order valence-corrected chi connectivity index (χ0v) is 25.1. The summed E-state index contributed by atoms with van der Waals surface area (Å²) < 4.78 is 10.7. The second-order valence-corrected chi connectivity index (χ2v) is 10.5. The van der Waals surface area contributed by atoms with E-state index in [2.05, 4.69) is 25.3 Å². The van der Waals surface area contributed by atoms with E-state index in [0.717, 1.165) is 4.90 Å². The Balaban J connectivity index is 1.46. The quantitative estimate of drug-likeness (QED) is 0.223. The fourth-order valence-corrected chi connectivity index (χ4v) is 5.54. The van der Waals surface area contributed by atoms with Crippen molar-refractivity contribution in [3.8, 4) is 45.4 Å². The molecule has 12 nitrogen and oxygen atoms in total. The highest BCUT2D eigenvalue weighted by molar-refractivity contribution is 6.39.